The van der Waals surface area contributed by atoms with Gasteiger partial charge in [-0.1, -0.05) is 6.07 Å². The first-order chi connectivity index (χ1) is 18.1. The molecule has 1 amide bonds. The second kappa shape index (κ2) is 9.47. The average molecular weight is 519 g/mol. The molecule has 3 N–H and O–H groups in total. The monoisotopic (exact) mass is 518 g/mol. The highest BCUT2D eigenvalue weighted by atomic mass is 19.4. The van der Waals surface area contributed by atoms with Crippen LogP contribution in [0.3, 0.4) is 0 Å². The van der Waals surface area contributed by atoms with Crippen LogP contribution >= 0.6 is 0 Å². The number of carbonyl (C=O) groups is 1. The summed E-state index contributed by atoms with van der Waals surface area (Å²) in [5.74, 6) is -0.293. The fraction of sp³-hybridized carbons (Fsp3) is 0.115. The molecule has 0 bridgehead atoms. The van der Waals surface area contributed by atoms with Gasteiger partial charge >= 0.3 is 6.18 Å². The molecule has 0 aliphatic rings. The van der Waals surface area contributed by atoms with Gasteiger partial charge in [-0.05, 0) is 61.4 Å². The predicted octanol–water partition coefficient (Wildman–Crippen LogP) is 5.11. The molecule has 0 aliphatic carbocycles. The highest BCUT2D eigenvalue weighted by molar-refractivity contribution is 6.05. The molecule has 0 spiro atoms. The molecule has 0 unspecified atom stereocenters. The van der Waals surface area contributed by atoms with E-state index in [4.69, 9.17) is 5.73 Å². The fourth-order valence-corrected chi connectivity index (χ4v) is 3.86. The minimum Gasteiger partial charge on any atom is -0.382 e. The number of alkyl halides is 3. The van der Waals surface area contributed by atoms with Crippen molar-refractivity contribution in [3.8, 4) is 5.69 Å². The highest BCUT2D eigenvalue weighted by Crippen LogP contribution is 2.33. The van der Waals surface area contributed by atoms with Gasteiger partial charge in [0.25, 0.3) is 5.91 Å². The van der Waals surface area contributed by atoms with Gasteiger partial charge in [-0.15, -0.1) is 0 Å². The van der Waals surface area contributed by atoms with E-state index in [2.05, 4.69) is 25.3 Å². The Hall–Kier alpha value is -5.00. The standard InChI is InChI=1S/C26H21F3N8O/c1-15-3-4-18(7-17(15)5-6-36-14-34-22-23(30)31-12-32-24(22)36)25(38)35-20-8-19(26(27,28)29)9-21(10-20)37-11-16(2)33-13-37/h3-14H,1-2H3,(H,35,38)(H2,30,31,32)/b6-5+. The van der Waals surface area contributed by atoms with Gasteiger partial charge in [0.15, 0.2) is 17.0 Å². The van der Waals surface area contributed by atoms with E-state index in [1.54, 1.807) is 54.5 Å². The van der Waals surface area contributed by atoms with Crippen molar-refractivity contribution in [2.75, 3.05) is 11.1 Å². The van der Waals surface area contributed by atoms with Crippen LogP contribution in [-0.4, -0.2) is 35.0 Å². The molecule has 0 atom stereocenters. The number of imidazole rings is 2. The maximum absolute atomic E-state index is 13.6. The van der Waals surface area contributed by atoms with E-state index in [0.717, 1.165) is 23.3 Å². The minimum atomic E-state index is -4.60. The summed E-state index contributed by atoms with van der Waals surface area (Å²) in [6.45, 7) is 3.61. The average Bonchev–Trinajstić information content (AvgIpc) is 3.50. The van der Waals surface area contributed by atoms with Gasteiger partial charge in [-0.25, -0.2) is 19.9 Å². The van der Waals surface area contributed by atoms with Crippen LogP contribution in [0, 0.1) is 13.8 Å². The molecule has 12 heteroatoms. The Morgan fingerprint density at radius 3 is 2.58 bits per heavy atom. The lowest BCUT2D eigenvalue weighted by Gasteiger charge is -2.14. The normalized spacial score (nSPS) is 11.9. The summed E-state index contributed by atoms with van der Waals surface area (Å²) in [5.41, 5.74) is 8.68. The second-order valence-electron chi connectivity index (χ2n) is 8.61. The van der Waals surface area contributed by atoms with Gasteiger partial charge in [0.1, 0.15) is 12.7 Å². The summed E-state index contributed by atoms with van der Waals surface area (Å²) in [7, 11) is 0. The highest BCUT2D eigenvalue weighted by Gasteiger charge is 2.31. The molecule has 0 saturated carbocycles. The molecule has 9 nitrogen and oxygen atoms in total. The number of nitrogens with zero attached hydrogens (tertiary/aromatic N) is 6. The fourth-order valence-electron chi connectivity index (χ4n) is 3.86. The third-order valence-corrected chi connectivity index (χ3v) is 5.86. The zero-order chi connectivity index (χ0) is 27.0. The van der Waals surface area contributed by atoms with E-state index in [1.807, 2.05) is 6.92 Å². The number of aryl methyl sites for hydroxylation is 2. The first-order valence-electron chi connectivity index (χ1n) is 11.3. The summed E-state index contributed by atoms with van der Waals surface area (Å²) in [5, 5.41) is 2.59. The molecule has 5 rings (SSSR count). The molecule has 5 aromatic rings. The van der Waals surface area contributed by atoms with Crippen molar-refractivity contribution in [3.05, 3.63) is 89.5 Å². The van der Waals surface area contributed by atoms with E-state index in [-0.39, 0.29) is 22.8 Å². The number of carbonyl (C=O) groups excluding carboxylic acids is 1. The van der Waals surface area contributed by atoms with Crippen LogP contribution in [0.1, 0.15) is 32.7 Å². The van der Waals surface area contributed by atoms with Gasteiger partial charge in [-0.3, -0.25) is 9.36 Å². The zero-order valence-corrected chi connectivity index (χ0v) is 20.2. The van der Waals surface area contributed by atoms with Crippen molar-refractivity contribution in [1.29, 1.82) is 0 Å². The van der Waals surface area contributed by atoms with Crippen molar-refractivity contribution in [2.45, 2.75) is 20.0 Å². The van der Waals surface area contributed by atoms with Crippen molar-refractivity contribution in [2.24, 2.45) is 0 Å². The molecule has 3 heterocycles. The molecule has 0 aliphatic heterocycles. The van der Waals surface area contributed by atoms with Crippen LogP contribution in [0.5, 0.6) is 0 Å². The third-order valence-electron chi connectivity index (χ3n) is 5.86. The number of rotatable bonds is 5. The maximum atomic E-state index is 13.6. The Morgan fingerprint density at radius 1 is 1.03 bits per heavy atom. The lowest BCUT2D eigenvalue weighted by atomic mass is 10.0. The summed E-state index contributed by atoms with van der Waals surface area (Å²) in [6.07, 6.45) is 4.80. The Bertz CT molecular complexity index is 1700. The SMILES string of the molecule is Cc1cn(-c2cc(NC(=O)c3ccc(C)c(/C=C/n4cnc5c(N)ncnc54)c3)cc(C(F)(F)F)c2)cn1. The Morgan fingerprint density at radius 2 is 1.84 bits per heavy atom. The number of nitrogen functional groups attached to an aromatic ring is 1. The number of nitrogens with one attached hydrogen (secondary N) is 1. The lowest BCUT2D eigenvalue weighted by Crippen LogP contribution is -2.14. The van der Waals surface area contributed by atoms with Gasteiger partial charge < -0.3 is 15.6 Å². The van der Waals surface area contributed by atoms with Crippen LogP contribution in [0.4, 0.5) is 24.7 Å². The number of nitrogens with two attached hydrogens (primary N) is 1. The van der Waals surface area contributed by atoms with E-state index in [9.17, 15) is 18.0 Å². The Kier molecular flexibility index (Phi) is 6.15. The maximum Gasteiger partial charge on any atom is 0.416 e. The van der Waals surface area contributed by atoms with Gasteiger partial charge in [-0.2, -0.15) is 13.2 Å². The topological polar surface area (TPSA) is 117 Å². The van der Waals surface area contributed by atoms with E-state index >= 15 is 0 Å². The number of hydrogen-bond acceptors (Lipinski definition) is 6. The van der Waals surface area contributed by atoms with Gasteiger partial charge in [0.05, 0.1) is 17.6 Å². The second-order valence-corrected chi connectivity index (χ2v) is 8.61. The van der Waals surface area contributed by atoms with Gasteiger partial charge in [0, 0.05) is 29.3 Å². The van der Waals surface area contributed by atoms with E-state index in [1.165, 1.54) is 23.3 Å². The summed E-state index contributed by atoms with van der Waals surface area (Å²) in [4.78, 5) is 29.4. The van der Waals surface area contributed by atoms with Crippen LogP contribution in [0.2, 0.25) is 0 Å². The van der Waals surface area contributed by atoms with Crippen molar-refractivity contribution >= 4 is 40.9 Å². The molecular weight excluding hydrogens is 497 g/mol. The van der Waals surface area contributed by atoms with Gasteiger partial charge in [0.2, 0.25) is 0 Å². The minimum absolute atomic E-state index is 0.00556. The zero-order valence-electron chi connectivity index (χ0n) is 20.2. The van der Waals surface area contributed by atoms with Crippen molar-refractivity contribution < 1.29 is 18.0 Å². The van der Waals surface area contributed by atoms with E-state index in [0.29, 0.717) is 16.9 Å². The Labute approximate surface area is 214 Å². The molecule has 192 valence electrons. The molecule has 0 radical (unpaired) electrons. The van der Waals surface area contributed by atoms with Crippen molar-refractivity contribution in [1.82, 2.24) is 29.1 Å². The number of halogens is 3. The number of aromatic nitrogens is 6. The number of benzene rings is 2. The van der Waals surface area contributed by atoms with E-state index < -0.39 is 17.6 Å². The molecule has 0 saturated heterocycles. The van der Waals surface area contributed by atoms with Crippen molar-refractivity contribution in [3.63, 3.8) is 0 Å². The summed E-state index contributed by atoms with van der Waals surface area (Å²) >= 11 is 0. The molecule has 2 aromatic carbocycles. The summed E-state index contributed by atoms with van der Waals surface area (Å²) in [6, 6.07) is 8.38. The summed E-state index contributed by atoms with van der Waals surface area (Å²) < 4.78 is 43.9. The molecule has 3 aromatic heterocycles. The largest absolute Gasteiger partial charge is 0.416 e. The molecule has 0 fully saturated rings. The predicted molar refractivity (Wildman–Crippen MR) is 137 cm³/mol. The number of fused-ring (bicyclic) bond motifs is 1. The van der Waals surface area contributed by atoms with Crippen LogP contribution in [-0.2, 0) is 6.18 Å². The van der Waals surface area contributed by atoms with Crippen LogP contribution in [0.25, 0.3) is 29.1 Å². The van der Waals surface area contributed by atoms with Crippen LogP contribution in [0.15, 0.2) is 61.6 Å². The lowest BCUT2D eigenvalue weighted by molar-refractivity contribution is -0.137. The molecule has 38 heavy (non-hydrogen) atoms. The third kappa shape index (κ3) is 4.96. The smallest absolute Gasteiger partial charge is 0.382 e. The first kappa shape index (κ1) is 24.7. The first-order valence-corrected chi connectivity index (χ1v) is 11.3. The molecular formula is C26H21F3N8O. The Balaban J connectivity index is 1.43. The van der Waals surface area contributed by atoms with Crippen LogP contribution < -0.4 is 11.1 Å². The number of amides is 1. The number of anilines is 2. The number of hydrogen-bond donors (Lipinski definition) is 2. The quantitative estimate of drug-likeness (QED) is 0.334.